The van der Waals surface area contributed by atoms with Crippen molar-refractivity contribution in [2.75, 3.05) is 19.8 Å². The molecule has 1 heterocycles. The molecule has 1 atom stereocenters. The van der Waals surface area contributed by atoms with E-state index in [0.29, 0.717) is 31.7 Å². The van der Waals surface area contributed by atoms with Gasteiger partial charge in [-0.15, -0.1) is 0 Å². The number of phenols is 1. The van der Waals surface area contributed by atoms with E-state index in [2.05, 4.69) is 0 Å². The molecule has 1 aromatic carbocycles. The minimum absolute atomic E-state index is 0.0945. The molecule has 2 rings (SSSR count). The molecule has 0 bridgehead atoms. The molecular weight excluding hydrogens is 298 g/mol. The summed E-state index contributed by atoms with van der Waals surface area (Å²) >= 11 is 0. The first-order valence-electron chi connectivity index (χ1n) is 7.59. The van der Waals surface area contributed by atoms with Crippen molar-refractivity contribution < 1.29 is 24.5 Å². The topological polar surface area (TPSA) is 87.1 Å². The van der Waals surface area contributed by atoms with Crippen LogP contribution in [0.25, 0.3) is 0 Å². The fourth-order valence-electron chi connectivity index (χ4n) is 2.73. The number of aromatic hydroxyl groups is 1. The Morgan fingerprint density at radius 2 is 1.91 bits per heavy atom. The number of rotatable bonds is 7. The van der Waals surface area contributed by atoms with Crippen molar-refractivity contribution in [1.29, 1.82) is 0 Å². The maximum Gasteiger partial charge on any atom is 0.290 e. The highest BCUT2D eigenvalue weighted by molar-refractivity contribution is 6.08. The summed E-state index contributed by atoms with van der Waals surface area (Å²) in [6.45, 7) is 4.68. The van der Waals surface area contributed by atoms with Crippen LogP contribution in [0.15, 0.2) is 35.6 Å². The van der Waals surface area contributed by atoms with E-state index in [1.807, 2.05) is 6.92 Å². The van der Waals surface area contributed by atoms with Gasteiger partial charge in [0, 0.05) is 19.8 Å². The fraction of sp³-hybridized carbons (Fsp3) is 0.412. The van der Waals surface area contributed by atoms with Crippen LogP contribution in [0.2, 0.25) is 0 Å². The number of ether oxygens (including phenoxy) is 1. The fourth-order valence-corrected chi connectivity index (χ4v) is 2.73. The maximum absolute atomic E-state index is 12.3. The Hall–Kier alpha value is -2.34. The van der Waals surface area contributed by atoms with Crippen LogP contribution in [-0.2, 0) is 14.3 Å². The summed E-state index contributed by atoms with van der Waals surface area (Å²) in [5, 5.41) is 19.5. The van der Waals surface area contributed by atoms with Crippen molar-refractivity contribution >= 4 is 11.7 Å². The summed E-state index contributed by atoms with van der Waals surface area (Å²) in [6, 6.07) is 5.63. The molecule has 0 fully saturated rings. The molecule has 0 saturated carbocycles. The number of amides is 1. The first-order chi connectivity index (χ1) is 11.0. The van der Waals surface area contributed by atoms with E-state index in [0.717, 1.165) is 0 Å². The van der Waals surface area contributed by atoms with Crippen LogP contribution in [-0.4, -0.2) is 46.6 Å². The molecule has 0 aromatic heterocycles. The van der Waals surface area contributed by atoms with Crippen molar-refractivity contribution in [2.45, 2.75) is 26.3 Å². The predicted molar refractivity (Wildman–Crippen MR) is 84.0 cm³/mol. The Labute approximate surface area is 135 Å². The Balaban J connectivity index is 2.31. The van der Waals surface area contributed by atoms with Gasteiger partial charge in [-0.05, 0) is 38.0 Å². The molecule has 6 heteroatoms. The number of hydrogen-bond donors (Lipinski definition) is 2. The number of nitrogens with zero attached hydrogens (tertiary/aromatic N) is 1. The quantitative estimate of drug-likeness (QED) is 0.752. The lowest BCUT2D eigenvalue weighted by Gasteiger charge is -2.26. The van der Waals surface area contributed by atoms with Gasteiger partial charge in [0.1, 0.15) is 5.75 Å². The number of aliphatic hydroxyl groups is 1. The Kier molecular flexibility index (Phi) is 5.39. The van der Waals surface area contributed by atoms with Gasteiger partial charge in [-0.3, -0.25) is 9.59 Å². The number of carbonyl (C=O) groups excluding carboxylic acids is 2. The predicted octanol–water partition coefficient (Wildman–Crippen LogP) is 2.10. The summed E-state index contributed by atoms with van der Waals surface area (Å²) in [7, 11) is 0. The second kappa shape index (κ2) is 7.28. The van der Waals surface area contributed by atoms with E-state index in [-0.39, 0.29) is 17.1 Å². The number of phenolic OH excluding ortho intramolecular Hbond substituents is 1. The highest BCUT2D eigenvalue weighted by Gasteiger charge is 2.41. The van der Waals surface area contributed by atoms with Gasteiger partial charge in [-0.25, -0.2) is 0 Å². The van der Waals surface area contributed by atoms with Gasteiger partial charge < -0.3 is 19.8 Å². The van der Waals surface area contributed by atoms with E-state index in [4.69, 9.17) is 4.74 Å². The lowest BCUT2D eigenvalue weighted by Crippen LogP contribution is -2.32. The molecule has 1 aliphatic heterocycles. The van der Waals surface area contributed by atoms with Gasteiger partial charge in [0.05, 0.1) is 11.6 Å². The van der Waals surface area contributed by atoms with Gasteiger partial charge in [-0.2, -0.15) is 0 Å². The van der Waals surface area contributed by atoms with E-state index < -0.39 is 17.7 Å². The van der Waals surface area contributed by atoms with Gasteiger partial charge in [-0.1, -0.05) is 12.1 Å². The van der Waals surface area contributed by atoms with E-state index in [1.54, 1.807) is 12.1 Å². The third kappa shape index (κ3) is 3.53. The maximum atomic E-state index is 12.3. The third-order valence-electron chi connectivity index (χ3n) is 3.78. The Morgan fingerprint density at radius 3 is 2.48 bits per heavy atom. The standard InChI is InChI=1S/C17H21NO5/c1-3-23-10-4-9-18-15(12-5-7-13(20)8-6-12)14(11(2)19)16(21)17(18)22/h5-8,15,20-21H,3-4,9-10H2,1-2H3. The number of carbonyl (C=O) groups is 2. The van der Waals surface area contributed by atoms with Crippen LogP contribution in [0, 0.1) is 0 Å². The van der Waals surface area contributed by atoms with E-state index in [9.17, 15) is 19.8 Å². The number of ketones is 1. The largest absolute Gasteiger partial charge is 0.508 e. The highest BCUT2D eigenvalue weighted by atomic mass is 16.5. The van der Waals surface area contributed by atoms with Gasteiger partial charge in [0.15, 0.2) is 11.5 Å². The molecular formula is C17H21NO5. The molecule has 0 aliphatic carbocycles. The zero-order chi connectivity index (χ0) is 17.0. The van der Waals surface area contributed by atoms with Crippen LogP contribution < -0.4 is 0 Å². The van der Waals surface area contributed by atoms with Crippen molar-refractivity contribution in [3.05, 3.63) is 41.2 Å². The Morgan fingerprint density at radius 1 is 1.26 bits per heavy atom. The van der Waals surface area contributed by atoms with Gasteiger partial charge in [0.25, 0.3) is 5.91 Å². The zero-order valence-corrected chi connectivity index (χ0v) is 13.3. The molecule has 0 saturated heterocycles. The van der Waals surface area contributed by atoms with Crippen LogP contribution in [0.1, 0.15) is 31.9 Å². The van der Waals surface area contributed by atoms with E-state index in [1.165, 1.54) is 24.0 Å². The van der Waals surface area contributed by atoms with Crippen molar-refractivity contribution in [1.82, 2.24) is 4.90 Å². The van der Waals surface area contributed by atoms with Crippen LogP contribution >= 0.6 is 0 Å². The van der Waals surface area contributed by atoms with Gasteiger partial charge in [0.2, 0.25) is 0 Å². The molecule has 6 nitrogen and oxygen atoms in total. The molecule has 2 N–H and O–H groups in total. The summed E-state index contributed by atoms with van der Waals surface area (Å²) in [5.74, 6) is -1.29. The average Bonchev–Trinajstić information content (AvgIpc) is 2.77. The third-order valence-corrected chi connectivity index (χ3v) is 3.78. The number of benzene rings is 1. The van der Waals surface area contributed by atoms with E-state index >= 15 is 0 Å². The SMILES string of the molecule is CCOCCCN1C(=O)C(O)=C(C(C)=O)C1c1ccc(O)cc1. The highest BCUT2D eigenvalue weighted by Crippen LogP contribution is 2.38. The van der Waals surface area contributed by atoms with Crippen molar-refractivity contribution in [3.8, 4) is 5.75 Å². The number of aliphatic hydroxyl groups excluding tert-OH is 1. The smallest absolute Gasteiger partial charge is 0.290 e. The minimum Gasteiger partial charge on any atom is -0.508 e. The van der Waals surface area contributed by atoms with Crippen molar-refractivity contribution in [2.24, 2.45) is 0 Å². The molecule has 0 radical (unpaired) electrons. The second-order valence-corrected chi connectivity index (χ2v) is 5.36. The van der Waals surface area contributed by atoms with Crippen LogP contribution in [0.3, 0.4) is 0 Å². The average molecular weight is 319 g/mol. The second-order valence-electron chi connectivity index (χ2n) is 5.36. The van der Waals surface area contributed by atoms with Gasteiger partial charge >= 0.3 is 0 Å². The summed E-state index contributed by atoms with van der Waals surface area (Å²) < 4.78 is 5.27. The lowest BCUT2D eigenvalue weighted by atomic mass is 9.96. The minimum atomic E-state index is -0.637. The zero-order valence-electron chi connectivity index (χ0n) is 13.3. The molecule has 1 aromatic rings. The van der Waals surface area contributed by atoms with Crippen LogP contribution in [0.5, 0.6) is 5.75 Å². The summed E-state index contributed by atoms with van der Waals surface area (Å²) in [6.07, 6.45) is 0.604. The summed E-state index contributed by atoms with van der Waals surface area (Å²) in [5.41, 5.74) is 0.763. The van der Waals surface area contributed by atoms with Crippen LogP contribution in [0.4, 0.5) is 0 Å². The number of Topliss-reactive ketones (excluding diaryl/α,β-unsaturated/α-hetero) is 1. The molecule has 124 valence electrons. The normalized spacial score (nSPS) is 17.9. The Bertz CT molecular complexity index is 620. The lowest BCUT2D eigenvalue weighted by molar-refractivity contribution is -0.129. The molecule has 23 heavy (non-hydrogen) atoms. The molecule has 1 aliphatic rings. The molecule has 1 amide bonds. The molecule has 1 unspecified atom stereocenters. The van der Waals surface area contributed by atoms with Crippen molar-refractivity contribution in [3.63, 3.8) is 0 Å². The summed E-state index contributed by atoms with van der Waals surface area (Å²) in [4.78, 5) is 25.7. The molecule has 0 spiro atoms. The monoisotopic (exact) mass is 319 g/mol. The number of hydrogen-bond acceptors (Lipinski definition) is 5. The first-order valence-corrected chi connectivity index (χ1v) is 7.59. The first kappa shape index (κ1) is 17.0.